The van der Waals surface area contributed by atoms with Crippen LogP contribution in [-0.4, -0.2) is 30.6 Å². The molecule has 0 atom stereocenters. The molecule has 66 valence electrons. The SMILES string of the molecule is C=CC(=O)OC.O=S(=O)(O)O. The molecule has 2 N–H and O–H groups in total. The highest BCUT2D eigenvalue weighted by Crippen LogP contribution is 1.67. The summed E-state index contributed by atoms with van der Waals surface area (Å²) in [4.78, 5) is 9.84. The first-order chi connectivity index (χ1) is 4.81. The van der Waals surface area contributed by atoms with Crippen LogP contribution >= 0.6 is 0 Å². The van der Waals surface area contributed by atoms with Crippen molar-refractivity contribution in [2.24, 2.45) is 0 Å². The average molecular weight is 184 g/mol. The maximum absolute atomic E-state index is 9.84. The van der Waals surface area contributed by atoms with Crippen molar-refractivity contribution in [2.45, 2.75) is 0 Å². The summed E-state index contributed by atoms with van der Waals surface area (Å²) in [6.45, 7) is 3.16. The van der Waals surface area contributed by atoms with E-state index < -0.39 is 16.4 Å². The van der Waals surface area contributed by atoms with Crippen LogP contribution in [0, 0.1) is 0 Å². The van der Waals surface area contributed by atoms with Gasteiger partial charge in [0.2, 0.25) is 0 Å². The lowest BCUT2D eigenvalue weighted by Crippen LogP contribution is -1.91. The van der Waals surface area contributed by atoms with Crippen LogP contribution in [0.1, 0.15) is 0 Å². The highest BCUT2D eigenvalue weighted by molar-refractivity contribution is 7.79. The minimum absolute atomic E-state index is 0.394. The first kappa shape index (κ1) is 12.7. The predicted molar refractivity (Wildman–Crippen MR) is 36.4 cm³/mol. The molecular formula is C4H8O6S. The van der Waals surface area contributed by atoms with E-state index in [1.807, 2.05) is 0 Å². The van der Waals surface area contributed by atoms with Crippen LogP contribution in [-0.2, 0) is 19.9 Å². The van der Waals surface area contributed by atoms with E-state index in [0.717, 1.165) is 6.08 Å². The monoisotopic (exact) mass is 184 g/mol. The Morgan fingerprint density at radius 2 is 1.82 bits per heavy atom. The summed E-state index contributed by atoms with van der Waals surface area (Å²) in [6, 6.07) is 0. The van der Waals surface area contributed by atoms with Crippen molar-refractivity contribution in [3.05, 3.63) is 12.7 Å². The third kappa shape index (κ3) is 48.0. The van der Waals surface area contributed by atoms with Crippen molar-refractivity contribution in [3.63, 3.8) is 0 Å². The third-order valence-electron chi connectivity index (χ3n) is 0.368. The van der Waals surface area contributed by atoms with Gasteiger partial charge in [-0.3, -0.25) is 9.11 Å². The molecule has 0 aromatic rings. The Labute approximate surface area is 64.1 Å². The summed E-state index contributed by atoms with van der Waals surface area (Å²) in [6.07, 6.45) is 1.11. The Bertz CT molecular complexity index is 207. The molecule has 0 aliphatic rings. The Kier molecular flexibility index (Phi) is 6.75. The van der Waals surface area contributed by atoms with Gasteiger partial charge in [0, 0.05) is 6.08 Å². The Morgan fingerprint density at radius 3 is 1.82 bits per heavy atom. The second-order valence-corrected chi connectivity index (χ2v) is 2.07. The minimum Gasteiger partial charge on any atom is -0.466 e. The highest BCUT2D eigenvalue weighted by atomic mass is 32.3. The van der Waals surface area contributed by atoms with Gasteiger partial charge in [0.25, 0.3) is 0 Å². The van der Waals surface area contributed by atoms with Gasteiger partial charge in [-0.25, -0.2) is 4.79 Å². The first-order valence-electron chi connectivity index (χ1n) is 2.21. The quantitative estimate of drug-likeness (QED) is 0.329. The standard InChI is InChI=1S/C4H6O2.H2O4S/c1-3-4(5)6-2;1-5(2,3)4/h3H,1H2,2H3;(H2,1,2,3,4). The minimum atomic E-state index is -4.67. The van der Waals surface area contributed by atoms with Gasteiger partial charge >= 0.3 is 16.4 Å². The van der Waals surface area contributed by atoms with Gasteiger partial charge < -0.3 is 4.74 Å². The van der Waals surface area contributed by atoms with Crippen LogP contribution < -0.4 is 0 Å². The lowest BCUT2D eigenvalue weighted by Gasteiger charge is -1.83. The topological polar surface area (TPSA) is 101 Å². The number of rotatable bonds is 1. The molecule has 11 heavy (non-hydrogen) atoms. The molecule has 0 aliphatic heterocycles. The maximum atomic E-state index is 9.84. The largest absolute Gasteiger partial charge is 0.466 e. The molecular weight excluding hydrogens is 176 g/mol. The Hall–Kier alpha value is -0.920. The number of hydrogen-bond donors (Lipinski definition) is 2. The second kappa shape index (κ2) is 5.83. The molecule has 0 saturated carbocycles. The van der Waals surface area contributed by atoms with Crippen LogP contribution in [0.25, 0.3) is 0 Å². The van der Waals surface area contributed by atoms with E-state index in [1.165, 1.54) is 7.11 Å². The van der Waals surface area contributed by atoms with Crippen molar-refractivity contribution in [3.8, 4) is 0 Å². The van der Waals surface area contributed by atoms with E-state index >= 15 is 0 Å². The molecule has 0 aromatic heterocycles. The van der Waals surface area contributed by atoms with Gasteiger partial charge in [-0.2, -0.15) is 8.42 Å². The summed E-state index contributed by atoms with van der Waals surface area (Å²) in [5.74, 6) is -0.394. The molecule has 0 aromatic carbocycles. The summed E-state index contributed by atoms with van der Waals surface area (Å²) in [7, 11) is -3.36. The van der Waals surface area contributed by atoms with Crippen LogP contribution in [0.15, 0.2) is 12.7 Å². The molecule has 0 heterocycles. The van der Waals surface area contributed by atoms with Crippen LogP contribution in [0.3, 0.4) is 0 Å². The molecule has 0 amide bonds. The molecule has 0 rings (SSSR count). The number of hydrogen-bond acceptors (Lipinski definition) is 4. The van der Waals surface area contributed by atoms with E-state index in [1.54, 1.807) is 0 Å². The van der Waals surface area contributed by atoms with E-state index in [2.05, 4.69) is 11.3 Å². The summed E-state index contributed by atoms with van der Waals surface area (Å²) < 4.78 is 35.7. The fourth-order valence-electron chi connectivity index (χ4n) is 0.0833. The zero-order valence-electron chi connectivity index (χ0n) is 5.72. The Balaban J connectivity index is 0. The van der Waals surface area contributed by atoms with Crippen LogP contribution in [0.4, 0.5) is 0 Å². The summed E-state index contributed by atoms with van der Waals surface area (Å²) in [5.41, 5.74) is 0. The molecule has 0 aliphatic carbocycles. The van der Waals surface area contributed by atoms with Gasteiger partial charge in [0.05, 0.1) is 7.11 Å². The maximum Gasteiger partial charge on any atom is 0.394 e. The zero-order valence-corrected chi connectivity index (χ0v) is 6.54. The van der Waals surface area contributed by atoms with E-state index in [4.69, 9.17) is 17.5 Å². The third-order valence-corrected chi connectivity index (χ3v) is 0.368. The molecule has 0 unspecified atom stereocenters. The van der Waals surface area contributed by atoms with Crippen molar-refractivity contribution in [1.29, 1.82) is 0 Å². The summed E-state index contributed by atoms with van der Waals surface area (Å²) >= 11 is 0. The smallest absolute Gasteiger partial charge is 0.394 e. The van der Waals surface area contributed by atoms with Gasteiger partial charge in [0.1, 0.15) is 0 Å². The highest BCUT2D eigenvalue weighted by Gasteiger charge is 1.84. The number of methoxy groups -OCH3 is 1. The first-order valence-corrected chi connectivity index (χ1v) is 3.61. The van der Waals surface area contributed by atoms with Crippen LogP contribution in [0.5, 0.6) is 0 Å². The van der Waals surface area contributed by atoms with Crippen molar-refractivity contribution in [1.82, 2.24) is 0 Å². The van der Waals surface area contributed by atoms with Gasteiger partial charge in [-0.1, -0.05) is 6.58 Å². The zero-order chi connectivity index (χ0) is 9.49. The van der Waals surface area contributed by atoms with Crippen molar-refractivity contribution >= 4 is 16.4 Å². The van der Waals surface area contributed by atoms with Crippen LogP contribution in [0.2, 0.25) is 0 Å². The molecule has 0 radical (unpaired) electrons. The normalized spacial score (nSPS) is 9.00. The lowest BCUT2D eigenvalue weighted by molar-refractivity contribution is -0.134. The molecule has 0 bridgehead atoms. The average Bonchev–Trinajstić information content (AvgIpc) is 1.83. The van der Waals surface area contributed by atoms with E-state index in [0.29, 0.717) is 0 Å². The Morgan fingerprint density at radius 1 is 1.55 bits per heavy atom. The molecule has 0 saturated heterocycles. The molecule has 0 fully saturated rings. The molecule has 0 spiro atoms. The second-order valence-electron chi connectivity index (χ2n) is 1.18. The number of esters is 1. The van der Waals surface area contributed by atoms with E-state index in [9.17, 15) is 4.79 Å². The fourth-order valence-corrected chi connectivity index (χ4v) is 0.0833. The van der Waals surface area contributed by atoms with Gasteiger partial charge in [-0.05, 0) is 0 Å². The predicted octanol–water partition coefficient (Wildman–Crippen LogP) is -0.307. The number of carbonyl (C=O) groups is 1. The number of ether oxygens (including phenoxy) is 1. The number of carbonyl (C=O) groups excluding carboxylic acids is 1. The molecule has 6 nitrogen and oxygen atoms in total. The summed E-state index contributed by atoms with van der Waals surface area (Å²) in [5, 5.41) is 0. The van der Waals surface area contributed by atoms with Gasteiger partial charge in [-0.15, -0.1) is 0 Å². The van der Waals surface area contributed by atoms with Crippen molar-refractivity contribution < 1.29 is 27.1 Å². The van der Waals surface area contributed by atoms with Crippen molar-refractivity contribution in [2.75, 3.05) is 7.11 Å². The molecule has 7 heteroatoms. The van der Waals surface area contributed by atoms with E-state index in [-0.39, 0.29) is 0 Å². The van der Waals surface area contributed by atoms with Gasteiger partial charge in [0.15, 0.2) is 0 Å². The fraction of sp³-hybridized carbons (Fsp3) is 0.250. The lowest BCUT2D eigenvalue weighted by atomic mass is 10.7.